The van der Waals surface area contributed by atoms with Crippen LogP contribution in [-0.4, -0.2) is 70.3 Å². The van der Waals surface area contributed by atoms with E-state index < -0.39 is 29.7 Å². The molecule has 2 N–H and O–H groups in total. The van der Waals surface area contributed by atoms with Gasteiger partial charge >= 0.3 is 12.1 Å². The van der Waals surface area contributed by atoms with Crippen LogP contribution in [0.3, 0.4) is 0 Å². The van der Waals surface area contributed by atoms with E-state index in [1.807, 2.05) is 20.8 Å². The molecule has 2 heterocycles. The van der Waals surface area contributed by atoms with Crippen molar-refractivity contribution in [3.05, 3.63) is 23.9 Å². The second-order valence-electron chi connectivity index (χ2n) is 9.32. The highest BCUT2D eigenvalue weighted by Gasteiger charge is 2.42. The van der Waals surface area contributed by atoms with Crippen LogP contribution in [0.25, 0.3) is 0 Å². The maximum atomic E-state index is 13.4. The summed E-state index contributed by atoms with van der Waals surface area (Å²) in [6, 6.07) is 1.66. The lowest BCUT2D eigenvalue weighted by atomic mass is 10.0. The number of fused-ring (bicyclic) bond motifs is 1. The number of amides is 2. The molecule has 0 aromatic carbocycles. The predicted molar refractivity (Wildman–Crippen MR) is 117 cm³/mol. The Hall–Kier alpha value is -2.68. The maximum Gasteiger partial charge on any atom is 0.410 e. The van der Waals surface area contributed by atoms with E-state index in [-0.39, 0.29) is 24.3 Å². The standard InChI is InChI=1S/C22H34N4O5/c1-13(2)17(24-12-14(3)25(7)21(30)31-22(4,5)6)19(27)26-16(20(28)29)11-15-9-8-10-23-18(15)26/h8-10,13-14,16-17,24H,11-12H2,1-7H3,(H,28,29)/t14-,16-,17-/m0/s1. The van der Waals surface area contributed by atoms with E-state index in [2.05, 4.69) is 10.3 Å². The summed E-state index contributed by atoms with van der Waals surface area (Å²) in [7, 11) is 1.65. The minimum absolute atomic E-state index is 0.103. The van der Waals surface area contributed by atoms with E-state index >= 15 is 0 Å². The summed E-state index contributed by atoms with van der Waals surface area (Å²) in [6.07, 6.45) is 1.34. The molecule has 1 aliphatic rings. The predicted octanol–water partition coefficient (Wildman–Crippen LogP) is 2.29. The molecule has 0 unspecified atom stereocenters. The summed E-state index contributed by atoms with van der Waals surface area (Å²) < 4.78 is 5.39. The molecule has 2 rings (SSSR count). The van der Waals surface area contributed by atoms with Gasteiger partial charge in [0, 0.05) is 32.3 Å². The number of aromatic nitrogens is 1. The zero-order chi connectivity index (χ0) is 23.5. The SMILES string of the molecule is CC(C)[C@H](NC[C@H](C)N(C)C(=O)OC(C)(C)C)C(=O)N1c2ncccc2C[C@H]1C(=O)O. The molecule has 0 radical (unpaired) electrons. The molecule has 1 aromatic rings. The van der Waals surface area contributed by atoms with Crippen LogP contribution in [0.2, 0.25) is 0 Å². The first-order valence-corrected chi connectivity index (χ1v) is 10.5. The Morgan fingerprint density at radius 1 is 1.32 bits per heavy atom. The van der Waals surface area contributed by atoms with Crippen molar-refractivity contribution in [2.45, 2.75) is 71.7 Å². The fourth-order valence-corrected chi connectivity index (χ4v) is 3.42. The third-order valence-corrected chi connectivity index (χ3v) is 5.25. The molecule has 2 amide bonds. The molecule has 0 aliphatic carbocycles. The highest BCUT2D eigenvalue weighted by molar-refractivity contribution is 6.03. The van der Waals surface area contributed by atoms with Crippen LogP contribution < -0.4 is 10.2 Å². The van der Waals surface area contributed by atoms with Crippen molar-refractivity contribution in [3.8, 4) is 0 Å². The number of hydrogen-bond donors (Lipinski definition) is 2. The number of pyridine rings is 1. The molecule has 3 atom stereocenters. The molecule has 172 valence electrons. The van der Waals surface area contributed by atoms with Crippen LogP contribution in [0, 0.1) is 5.92 Å². The van der Waals surface area contributed by atoms with Gasteiger partial charge in [0.25, 0.3) is 0 Å². The van der Waals surface area contributed by atoms with Crippen LogP contribution in [0.4, 0.5) is 10.6 Å². The summed E-state index contributed by atoms with van der Waals surface area (Å²) in [5.41, 5.74) is 0.139. The number of ether oxygens (including phenoxy) is 1. The lowest BCUT2D eigenvalue weighted by Gasteiger charge is -2.32. The Morgan fingerprint density at radius 3 is 2.52 bits per heavy atom. The van der Waals surface area contributed by atoms with Crippen LogP contribution in [0.15, 0.2) is 18.3 Å². The number of nitrogens with zero attached hydrogens (tertiary/aromatic N) is 3. The van der Waals surface area contributed by atoms with E-state index in [1.54, 1.807) is 46.1 Å². The van der Waals surface area contributed by atoms with Crippen molar-refractivity contribution >= 4 is 23.8 Å². The normalized spacial score (nSPS) is 17.8. The average Bonchev–Trinajstić information content (AvgIpc) is 3.05. The highest BCUT2D eigenvalue weighted by Crippen LogP contribution is 2.31. The molecule has 0 spiro atoms. The van der Waals surface area contributed by atoms with Crippen molar-refractivity contribution in [3.63, 3.8) is 0 Å². The Morgan fingerprint density at radius 2 is 1.97 bits per heavy atom. The lowest BCUT2D eigenvalue weighted by Crippen LogP contribution is -2.56. The van der Waals surface area contributed by atoms with Crippen molar-refractivity contribution in [1.29, 1.82) is 0 Å². The Bertz CT molecular complexity index is 820. The number of anilines is 1. The van der Waals surface area contributed by atoms with Gasteiger partial charge in [-0.2, -0.15) is 0 Å². The van der Waals surface area contributed by atoms with Crippen molar-refractivity contribution in [2.75, 3.05) is 18.5 Å². The number of likely N-dealkylation sites (N-methyl/N-ethyl adjacent to an activating group) is 1. The van der Waals surface area contributed by atoms with Gasteiger partial charge < -0.3 is 20.1 Å². The second-order valence-corrected chi connectivity index (χ2v) is 9.32. The van der Waals surface area contributed by atoms with Crippen molar-refractivity contribution < 1.29 is 24.2 Å². The quantitative estimate of drug-likeness (QED) is 0.677. The van der Waals surface area contributed by atoms with E-state index in [4.69, 9.17) is 4.74 Å². The number of hydrogen-bond acceptors (Lipinski definition) is 6. The van der Waals surface area contributed by atoms with Gasteiger partial charge in [0.2, 0.25) is 5.91 Å². The fourth-order valence-electron chi connectivity index (χ4n) is 3.42. The average molecular weight is 435 g/mol. The molecule has 0 bridgehead atoms. The summed E-state index contributed by atoms with van der Waals surface area (Å²) in [4.78, 5) is 44.6. The fraction of sp³-hybridized carbons (Fsp3) is 0.636. The Kier molecular flexibility index (Phi) is 7.64. The number of carbonyl (C=O) groups excluding carboxylic acids is 2. The van der Waals surface area contributed by atoms with E-state index in [0.29, 0.717) is 12.4 Å². The van der Waals surface area contributed by atoms with Gasteiger partial charge in [-0.3, -0.25) is 9.69 Å². The minimum atomic E-state index is -1.06. The minimum Gasteiger partial charge on any atom is -0.480 e. The summed E-state index contributed by atoms with van der Waals surface area (Å²) in [6.45, 7) is 11.4. The molecular weight excluding hydrogens is 400 g/mol. The van der Waals surface area contributed by atoms with Gasteiger partial charge in [-0.05, 0) is 45.2 Å². The number of carboxylic acids is 1. The molecule has 1 aliphatic heterocycles. The molecular formula is C22H34N4O5. The zero-order valence-corrected chi connectivity index (χ0v) is 19.4. The number of carbonyl (C=O) groups is 3. The van der Waals surface area contributed by atoms with Crippen molar-refractivity contribution in [2.24, 2.45) is 5.92 Å². The first-order valence-electron chi connectivity index (χ1n) is 10.5. The van der Waals surface area contributed by atoms with Gasteiger partial charge in [-0.1, -0.05) is 19.9 Å². The monoisotopic (exact) mass is 434 g/mol. The molecule has 0 saturated heterocycles. The van der Waals surface area contributed by atoms with Crippen LogP contribution >= 0.6 is 0 Å². The van der Waals surface area contributed by atoms with Gasteiger partial charge in [-0.15, -0.1) is 0 Å². The van der Waals surface area contributed by atoms with E-state index in [1.165, 1.54) is 9.80 Å². The number of rotatable bonds is 7. The first kappa shape index (κ1) is 24.6. The molecule has 0 fully saturated rings. The lowest BCUT2D eigenvalue weighted by molar-refractivity contribution is -0.140. The van der Waals surface area contributed by atoms with E-state index in [0.717, 1.165) is 5.56 Å². The van der Waals surface area contributed by atoms with Crippen LogP contribution in [0.1, 0.15) is 47.1 Å². The molecule has 9 nitrogen and oxygen atoms in total. The maximum absolute atomic E-state index is 13.4. The number of nitrogens with one attached hydrogen (secondary N) is 1. The summed E-state index contributed by atoms with van der Waals surface area (Å²) in [5.74, 6) is -1.11. The van der Waals surface area contributed by atoms with Gasteiger partial charge in [0.15, 0.2) is 0 Å². The zero-order valence-electron chi connectivity index (χ0n) is 19.4. The molecule has 9 heteroatoms. The number of aliphatic carboxylic acids is 1. The smallest absolute Gasteiger partial charge is 0.410 e. The largest absolute Gasteiger partial charge is 0.480 e. The molecule has 0 saturated carbocycles. The number of carboxylic acid groups (broad SMARTS) is 1. The van der Waals surface area contributed by atoms with Gasteiger partial charge in [-0.25, -0.2) is 14.6 Å². The van der Waals surface area contributed by atoms with E-state index in [9.17, 15) is 19.5 Å². The van der Waals surface area contributed by atoms with Crippen LogP contribution in [-0.2, 0) is 20.7 Å². The molecule has 1 aromatic heterocycles. The summed E-state index contributed by atoms with van der Waals surface area (Å²) >= 11 is 0. The summed E-state index contributed by atoms with van der Waals surface area (Å²) in [5, 5.41) is 12.9. The first-order chi connectivity index (χ1) is 14.3. The second kappa shape index (κ2) is 9.64. The third kappa shape index (κ3) is 5.94. The molecule has 31 heavy (non-hydrogen) atoms. The van der Waals surface area contributed by atoms with Gasteiger partial charge in [0.05, 0.1) is 6.04 Å². The van der Waals surface area contributed by atoms with Crippen molar-refractivity contribution in [1.82, 2.24) is 15.2 Å². The Labute approximate surface area is 183 Å². The highest BCUT2D eigenvalue weighted by atomic mass is 16.6. The van der Waals surface area contributed by atoms with Crippen LogP contribution in [0.5, 0.6) is 0 Å². The Balaban J connectivity index is 2.14. The third-order valence-electron chi connectivity index (χ3n) is 5.25. The topological polar surface area (TPSA) is 112 Å². The van der Waals surface area contributed by atoms with Gasteiger partial charge in [0.1, 0.15) is 17.5 Å².